The van der Waals surface area contributed by atoms with Gasteiger partial charge in [-0.25, -0.2) is 0 Å². The topological polar surface area (TPSA) is 113 Å². The maximum Gasteiger partial charge on any atom is 0.316 e. The molecule has 0 aliphatic heterocycles. The standard InChI is InChI=1S/C13H20N4O3/c14-16-11-7-4-6-10(13(11)17(19)20)15-9-5-2-1-3-8-12(9)18/h4,6-7,9,12,15-16,18H,1-3,5,8,14H2. The zero-order valence-electron chi connectivity index (χ0n) is 11.2. The molecule has 110 valence electrons. The zero-order valence-corrected chi connectivity index (χ0v) is 11.2. The van der Waals surface area contributed by atoms with E-state index < -0.39 is 11.0 Å². The van der Waals surface area contributed by atoms with Crippen molar-refractivity contribution in [2.45, 2.75) is 44.2 Å². The van der Waals surface area contributed by atoms with Crippen molar-refractivity contribution in [3.63, 3.8) is 0 Å². The van der Waals surface area contributed by atoms with E-state index in [1.165, 1.54) is 0 Å². The molecule has 0 radical (unpaired) electrons. The van der Waals surface area contributed by atoms with Crippen LogP contribution in [-0.2, 0) is 0 Å². The van der Waals surface area contributed by atoms with E-state index in [4.69, 9.17) is 5.84 Å². The minimum atomic E-state index is -0.480. The Morgan fingerprint density at radius 1 is 1.25 bits per heavy atom. The lowest BCUT2D eigenvalue weighted by molar-refractivity contribution is -0.383. The number of hydrogen-bond acceptors (Lipinski definition) is 6. The predicted octanol–water partition coefficient (Wildman–Crippen LogP) is 1.99. The Kier molecular flexibility index (Phi) is 4.75. The molecule has 5 N–H and O–H groups in total. The average Bonchev–Trinajstić information content (AvgIpc) is 2.63. The first-order valence-corrected chi connectivity index (χ1v) is 6.82. The van der Waals surface area contributed by atoms with E-state index >= 15 is 0 Å². The highest BCUT2D eigenvalue weighted by Gasteiger charge is 2.26. The van der Waals surface area contributed by atoms with Crippen molar-refractivity contribution in [3.05, 3.63) is 28.3 Å². The first-order valence-electron chi connectivity index (χ1n) is 6.82. The zero-order chi connectivity index (χ0) is 14.5. The maximum absolute atomic E-state index is 11.2. The van der Waals surface area contributed by atoms with Gasteiger partial charge in [-0.2, -0.15) is 0 Å². The van der Waals surface area contributed by atoms with Crippen LogP contribution in [0.3, 0.4) is 0 Å². The Labute approximate surface area is 117 Å². The number of benzene rings is 1. The van der Waals surface area contributed by atoms with Crippen molar-refractivity contribution in [1.82, 2.24) is 0 Å². The van der Waals surface area contributed by atoms with Crippen LogP contribution in [0.5, 0.6) is 0 Å². The molecule has 1 aliphatic rings. The van der Waals surface area contributed by atoms with Gasteiger partial charge in [0.1, 0.15) is 11.4 Å². The number of aliphatic hydroxyl groups is 1. The molecule has 0 amide bonds. The van der Waals surface area contributed by atoms with Crippen LogP contribution >= 0.6 is 0 Å². The number of nitro benzene ring substituents is 1. The van der Waals surface area contributed by atoms with E-state index in [0.29, 0.717) is 5.69 Å². The third-order valence-corrected chi connectivity index (χ3v) is 3.69. The van der Waals surface area contributed by atoms with Gasteiger partial charge in [0.2, 0.25) is 0 Å². The minimum absolute atomic E-state index is 0.0913. The fraction of sp³-hybridized carbons (Fsp3) is 0.538. The van der Waals surface area contributed by atoms with Crippen molar-refractivity contribution < 1.29 is 10.0 Å². The number of anilines is 2. The second-order valence-electron chi connectivity index (χ2n) is 5.06. The Morgan fingerprint density at radius 2 is 1.95 bits per heavy atom. The summed E-state index contributed by atoms with van der Waals surface area (Å²) in [6.07, 6.45) is 4.13. The number of para-hydroxylation sites is 1. The summed E-state index contributed by atoms with van der Waals surface area (Å²) in [7, 11) is 0. The summed E-state index contributed by atoms with van der Waals surface area (Å²) in [5.74, 6) is 5.31. The van der Waals surface area contributed by atoms with Gasteiger partial charge in [0.25, 0.3) is 0 Å². The molecule has 0 bridgehead atoms. The molecule has 1 saturated carbocycles. The Balaban J connectivity index is 2.25. The van der Waals surface area contributed by atoms with E-state index in [1.807, 2.05) is 0 Å². The van der Waals surface area contributed by atoms with Crippen LogP contribution in [0.4, 0.5) is 17.1 Å². The number of aliphatic hydroxyl groups excluding tert-OH is 1. The van der Waals surface area contributed by atoms with Crippen LogP contribution in [0, 0.1) is 10.1 Å². The number of nitrogens with one attached hydrogen (secondary N) is 2. The first kappa shape index (κ1) is 14.5. The molecule has 7 nitrogen and oxygen atoms in total. The molecule has 1 aromatic rings. The number of nitro groups is 1. The number of rotatable bonds is 4. The first-order chi connectivity index (χ1) is 9.63. The number of hydrazine groups is 1. The summed E-state index contributed by atoms with van der Waals surface area (Å²) in [4.78, 5) is 10.7. The van der Waals surface area contributed by atoms with Gasteiger partial charge in [-0.3, -0.25) is 16.0 Å². The van der Waals surface area contributed by atoms with Crippen LogP contribution in [0.15, 0.2) is 18.2 Å². The molecule has 1 aromatic carbocycles. The van der Waals surface area contributed by atoms with Gasteiger partial charge >= 0.3 is 5.69 Å². The highest BCUT2D eigenvalue weighted by atomic mass is 16.6. The van der Waals surface area contributed by atoms with Gasteiger partial charge in [-0.15, -0.1) is 0 Å². The summed E-state index contributed by atoms with van der Waals surface area (Å²) in [5, 5.41) is 24.4. The van der Waals surface area contributed by atoms with Crippen molar-refractivity contribution in [2.75, 3.05) is 10.7 Å². The second kappa shape index (κ2) is 6.53. The second-order valence-corrected chi connectivity index (χ2v) is 5.06. The van der Waals surface area contributed by atoms with Crippen molar-refractivity contribution in [3.8, 4) is 0 Å². The Hall–Kier alpha value is -1.86. The molecule has 2 atom stereocenters. The molecule has 0 aromatic heterocycles. The lowest BCUT2D eigenvalue weighted by atomic mass is 10.1. The molecule has 0 saturated heterocycles. The molecule has 0 heterocycles. The molecule has 0 spiro atoms. The van der Waals surface area contributed by atoms with Gasteiger partial charge in [0.15, 0.2) is 0 Å². The normalized spacial score (nSPS) is 22.9. The van der Waals surface area contributed by atoms with Crippen molar-refractivity contribution >= 4 is 17.1 Å². The number of nitrogens with two attached hydrogens (primary N) is 1. The molecule has 20 heavy (non-hydrogen) atoms. The van der Waals surface area contributed by atoms with Crippen molar-refractivity contribution in [2.24, 2.45) is 5.84 Å². The largest absolute Gasteiger partial charge is 0.391 e. The molecule has 1 fully saturated rings. The van der Waals surface area contributed by atoms with Crippen LogP contribution in [0.1, 0.15) is 32.1 Å². The van der Waals surface area contributed by atoms with E-state index in [1.54, 1.807) is 18.2 Å². The highest BCUT2D eigenvalue weighted by Crippen LogP contribution is 2.34. The van der Waals surface area contributed by atoms with Crippen LogP contribution in [0.25, 0.3) is 0 Å². The van der Waals surface area contributed by atoms with Gasteiger partial charge in [0, 0.05) is 0 Å². The van der Waals surface area contributed by atoms with Crippen LogP contribution < -0.4 is 16.6 Å². The van der Waals surface area contributed by atoms with E-state index in [9.17, 15) is 15.2 Å². The molecular formula is C13H20N4O3. The summed E-state index contributed by atoms with van der Waals surface area (Å²) >= 11 is 0. The summed E-state index contributed by atoms with van der Waals surface area (Å²) in [6.45, 7) is 0. The van der Waals surface area contributed by atoms with Crippen LogP contribution in [0.2, 0.25) is 0 Å². The molecular weight excluding hydrogens is 260 g/mol. The molecule has 7 heteroatoms. The van der Waals surface area contributed by atoms with E-state index in [-0.39, 0.29) is 17.4 Å². The van der Waals surface area contributed by atoms with E-state index in [0.717, 1.165) is 32.1 Å². The highest BCUT2D eigenvalue weighted by molar-refractivity contribution is 5.76. The molecule has 2 rings (SSSR count). The minimum Gasteiger partial charge on any atom is -0.391 e. The smallest absolute Gasteiger partial charge is 0.316 e. The molecule has 1 aliphatic carbocycles. The monoisotopic (exact) mass is 280 g/mol. The maximum atomic E-state index is 11.2. The van der Waals surface area contributed by atoms with Gasteiger partial charge in [0.05, 0.1) is 17.1 Å². The lowest BCUT2D eigenvalue weighted by Crippen LogP contribution is -2.32. The fourth-order valence-corrected chi connectivity index (χ4v) is 2.63. The third-order valence-electron chi connectivity index (χ3n) is 3.69. The lowest BCUT2D eigenvalue weighted by Gasteiger charge is -2.23. The third kappa shape index (κ3) is 3.17. The molecule has 2 unspecified atom stereocenters. The predicted molar refractivity (Wildman–Crippen MR) is 77.4 cm³/mol. The number of nitrogens with zero attached hydrogens (tertiary/aromatic N) is 1. The Morgan fingerprint density at radius 3 is 2.65 bits per heavy atom. The van der Waals surface area contributed by atoms with Crippen molar-refractivity contribution in [1.29, 1.82) is 0 Å². The van der Waals surface area contributed by atoms with Gasteiger partial charge in [-0.1, -0.05) is 25.3 Å². The van der Waals surface area contributed by atoms with Gasteiger partial charge in [-0.05, 0) is 25.0 Å². The van der Waals surface area contributed by atoms with Crippen LogP contribution in [-0.4, -0.2) is 22.2 Å². The SMILES string of the molecule is NNc1cccc(NC2CCCCCC2O)c1[N+](=O)[O-]. The fourth-order valence-electron chi connectivity index (χ4n) is 2.63. The number of nitrogen functional groups attached to an aromatic ring is 1. The summed E-state index contributed by atoms with van der Waals surface area (Å²) in [5.41, 5.74) is 2.88. The quantitative estimate of drug-likeness (QED) is 0.290. The van der Waals surface area contributed by atoms with Gasteiger partial charge < -0.3 is 15.8 Å². The summed E-state index contributed by atoms with van der Waals surface area (Å²) < 4.78 is 0. The average molecular weight is 280 g/mol. The van der Waals surface area contributed by atoms with E-state index in [2.05, 4.69) is 10.7 Å². The Bertz CT molecular complexity index is 481. The number of hydrogen-bond donors (Lipinski definition) is 4. The summed E-state index contributed by atoms with van der Waals surface area (Å²) in [6, 6.07) is 4.71.